The second kappa shape index (κ2) is 5.23. The largest absolute Gasteiger partial charge is 0.353 e. The van der Waals surface area contributed by atoms with E-state index in [9.17, 15) is 18.5 Å². The van der Waals surface area contributed by atoms with Crippen molar-refractivity contribution in [3.8, 4) is 0 Å². The second-order valence-corrected chi connectivity index (χ2v) is 8.08. The van der Waals surface area contributed by atoms with E-state index in [2.05, 4.69) is 0 Å². The predicted molar refractivity (Wildman–Crippen MR) is 80.3 cm³/mol. The molecule has 0 bridgehead atoms. The molecule has 1 heterocycles. The number of sulfonamides is 1. The SMILES string of the molecule is COC1(OC)CC2(CN(S(=O)(=O)c3ccccc3[N+](=O)[O-])C2)C1. The summed E-state index contributed by atoms with van der Waals surface area (Å²) in [5, 5.41) is 11.0. The van der Waals surface area contributed by atoms with Gasteiger partial charge in [-0.25, -0.2) is 8.42 Å². The molecule has 1 aromatic carbocycles. The van der Waals surface area contributed by atoms with Crippen molar-refractivity contribution in [1.29, 1.82) is 0 Å². The zero-order valence-electron chi connectivity index (χ0n) is 12.9. The lowest BCUT2D eigenvalue weighted by Crippen LogP contribution is -2.69. The fourth-order valence-electron chi connectivity index (χ4n) is 3.52. The second-order valence-electron chi connectivity index (χ2n) is 6.17. The Labute approximate surface area is 134 Å². The Morgan fingerprint density at radius 2 is 1.74 bits per heavy atom. The van der Waals surface area contributed by atoms with Gasteiger partial charge in [0.15, 0.2) is 10.7 Å². The Bertz CT molecular complexity index is 727. The van der Waals surface area contributed by atoms with E-state index in [0.29, 0.717) is 25.9 Å². The molecule has 1 aliphatic carbocycles. The highest BCUT2D eigenvalue weighted by Gasteiger charge is 2.63. The summed E-state index contributed by atoms with van der Waals surface area (Å²) in [5.41, 5.74) is -0.548. The van der Waals surface area contributed by atoms with Crippen molar-refractivity contribution in [2.24, 2.45) is 5.41 Å². The first-order valence-electron chi connectivity index (χ1n) is 7.11. The summed E-state index contributed by atoms with van der Waals surface area (Å²) >= 11 is 0. The van der Waals surface area contributed by atoms with E-state index in [-0.39, 0.29) is 10.3 Å². The number of nitrogens with zero attached hydrogens (tertiary/aromatic N) is 2. The van der Waals surface area contributed by atoms with Gasteiger partial charge in [0.2, 0.25) is 10.0 Å². The molecule has 8 nitrogen and oxygen atoms in total. The average molecular weight is 342 g/mol. The van der Waals surface area contributed by atoms with Crippen LogP contribution in [0.5, 0.6) is 0 Å². The van der Waals surface area contributed by atoms with Gasteiger partial charge in [0, 0.05) is 51.6 Å². The molecule has 1 spiro atoms. The minimum absolute atomic E-state index is 0.150. The summed E-state index contributed by atoms with van der Waals surface area (Å²) < 4.78 is 37.2. The monoisotopic (exact) mass is 342 g/mol. The number of benzene rings is 1. The Morgan fingerprint density at radius 3 is 2.26 bits per heavy atom. The highest BCUT2D eigenvalue weighted by Crippen LogP contribution is 2.57. The molecular formula is C14H18N2O6S. The van der Waals surface area contributed by atoms with Gasteiger partial charge in [-0.3, -0.25) is 10.1 Å². The van der Waals surface area contributed by atoms with E-state index in [0.717, 1.165) is 0 Å². The lowest BCUT2D eigenvalue weighted by Gasteiger charge is -2.61. The van der Waals surface area contributed by atoms with Gasteiger partial charge in [-0.15, -0.1) is 0 Å². The summed E-state index contributed by atoms with van der Waals surface area (Å²) in [6.07, 6.45) is 1.24. The van der Waals surface area contributed by atoms with Crippen LogP contribution in [0.2, 0.25) is 0 Å². The Balaban J connectivity index is 1.77. The van der Waals surface area contributed by atoms with Gasteiger partial charge in [-0.1, -0.05) is 12.1 Å². The van der Waals surface area contributed by atoms with E-state index in [1.54, 1.807) is 14.2 Å². The highest BCUT2D eigenvalue weighted by molar-refractivity contribution is 7.89. The summed E-state index contributed by atoms with van der Waals surface area (Å²) in [4.78, 5) is 10.1. The standard InChI is InChI=1S/C14H18N2O6S/c1-21-14(22-2)7-13(8-14)9-15(10-13)23(19,20)12-6-4-3-5-11(12)16(17)18/h3-6H,7-10H2,1-2H3. The van der Waals surface area contributed by atoms with E-state index in [1.807, 2.05) is 0 Å². The zero-order valence-corrected chi connectivity index (χ0v) is 13.7. The molecule has 0 unspecified atom stereocenters. The van der Waals surface area contributed by atoms with E-state index >= 15 is 0 Å². The zero-order chi connectivity index (χ0) is 16.9. The maximum atomic E-state index is 12.6. The van der Waals surface area contributed by atoms with Crippen LogP contribution < -0.4 is 0 Å². The van der Waals surface area contributed by atoms with Crippen LogP contribution in [0.25, 0.3) is 0 Å². The van der Waals surface area contributed by atoms with Crippen LogP contribution >= 0.6 is 0 Å². The smallest absolute Gasteiger partial charge is 0.289 e. The summed E-state index contributed by atoms with van der Waals surface area (Å²) in [6.45, 7) is 0.658. The number of nitro groups is 1. The third kappa shape index (κ3) is 2.44. The molecule has 2 aliphatic rings. The molecule has 126 valence electrons. The van der Waals surface area contributed by atoms with Gasteiger partial charge in [0.1, 0.15) is 0 Å². The van der Waals surface area contributed by atoms with Crippen molar-refractivity contribution in [3.05, 3.63) is 34.4 Å². The first-order chi connectivity index (χ1) is 10.8. The van der Waals surface area contributed by atoms with Crippen molar-refractivity contribution >= 4 is 15.7 Å². The quantitative estimate of drug-likeness (QED) is 0.455. The van der Waals surface area contributed by atoms with E-state index in [4.69, 9.17) is 9.47 Å². The Morgan fingerprint density at radius 1 is 1.17 bits per heavy atom. The molecule has 2 fully saturated rings. The number of ether oxygens (including phenoxy) is 2. The van der Waals surface area contributed by atoms with E-state index < -0.39 is 26.4 Å². The minimum Gasteiger partial charge on any atom is -0.353 e. The van der Waals surface area contributed by atoms with Gasteiger partial charge < -0.3 is 9.47 Å². The number of rotatable bonds is 5. The fourth-order valence-corrected chi connectivity index (χ4v) is 5.35. The number of nitro benzene ring substituents is 1. The molecule has 1 saturated heterocycles. The minimum atomic E-state index is -3.87. The molecule has 23 heavy (non-hydrogen) atoms. The maximum absolute atomic E-state index is 12.6. The normalized spacial score (nSPS) is 22.3. The van der Waals surface area contributed by atoms with Gasteiger partial charge in [0.05, 0.1) is 4.92 Å². The molecule has 1 saturated carbocycles. The highest BCUT2D eigenvalue weighted by atomic mass is 32.2. The fraction of sp³-hybridized carbons (Fsp3) is 0.571. The number of hydrogen-bond acceptors (Lipinski definition) is 6. The van der Waals surface area contributed by atoms with Crippen LogP contribution in [-0.4, -0.2) is 50.7 Å². The van der Waals surface area contributed by atoms with Crippen LogP contribution in [0.1, 0.15) is 12.8 Å². The van der Waals surface area contributed by atoms with Crippen LogP contribution in [0.15, 0.2) is 29.2 Å². The Hall–Kier alpha value is -1.55. The lowest BCUT2D eigenvalue weighted by atomic mass is 9.60. The van der Waals surface area contributed by atoms with Gasteiger partial charge >= 0.3 is 0 Å². The molecule has 9 heteroatoms. The van der Waals surface area contributed by atoms with Gasteiger partial charge in [-0.05, 0) is 6.07 Å². The topological polar surface area (TPSA) is 99.0 Å². The molecular weight excluding hydrogens is 324 g/mol. The van der Waals surface area contributed by atoms with Gasteiger partial charge in [0.25, 0.3) is 5.69 Å². The molecule has 0 atom stereocenters. The van der Waals surface area contributed by atoms with Crippen molar-refractivity contribution < 1.29 is 22.8 Å². The first-order valence-corrected chi connectivity index (χ1v) is 8.55. The molecule has 0 radical (unpaired) electrons. The summed E-state index contributed by atoms with van der Waals surface area (Å²) in [7, 11) is -0.733. The van der Waals surface area contributed by atoms with Crippen molar-refractivity contribution in [2.75, 3.05) is 27.3 Å². The van der Waals surface area contributed by atoms with Crippen molar-refractivity contribution in [2.45, 2.75) is 23.5 Å². The molecule has 0 amide bonds. The number of methoxy groups -OCH3 is 2. The van der Waals surface area contributed by atoms with E-state index in [1.165, 1.54) is 28.6 Å². The third-order valence-electron chi connectivity index (χ3n) is 4.74. The van der Waals surface area contributed by atoms with Crippen LogP contribution in [-0.2, 0) is 19.5 Å². The molecule has 1 aromatic rings. The van der Waals surface area contributed by atoms with Crippen molar-refractivity contribution in [3.63, 3.8) is 0 Å². The number of hydrogen-bond donors (Lipinski definition) is 0. The van der Waals surface area contributed by atoms with Crippen LogP contribution in [0, 0.1) is 15.5 Å². The van der Waals surface area contributed by atoms with Crippen molar-refractivity contribution in [1.82, 2.24) is 4.31 Å². The molecule has 0 N–H and O–H groups in total. The summed E-state index contributed by atoms with van der Waals surface area (Å²) in [5.74, 6) is -0.630. The molecule has 1 aliphatic heterocycles. The Kier molecular flexibility index (Phi) is 3.71. The third-order valence-corrected chi connectivity index (χ3v) is 6.58. The first kappa shape index (κ1) is 16.3. The van der Waals surface area contributed by atoms with Crippen LogP contribution in [0.4, 0.5) is 5.69 Å². The lowest BCUT2D eigenvalue weighted by molar-refractivity contribution is -0.387. The predicted octanol–water partition coefficient (Wildman–Crippen LogP) is 1.37. The average Bonchev–Trinajstić information content (AvgIpc) is 2.45. The molecule has 0 aromatic heterocycles. The summed E-state index contributed by atoms with van der Waals surface area (Å²) in [6, 6.07) is 5.41. The molecule has 3 rings (SSSR count). The maximum Gasteiger partial charge on any atom is 0.289 e. The van der Waals surface area contributed by atoms with Gasteiger partial charge in [-0.2, -0.15) is 4.31 Å². The van der Waals surface area contributed by atoms with Crippen LogP contribution in [0.3, 0.4) is 0 Å². The number of para-hydroxylation sites is 1.